The molecule has 0 radical (unpaired) electrons. The molecule has 2 aliphatic heterocycles. The summed E-state index contributed by atoms with van der Waals surface area (Å²) >= 11 is 1.89. The summed E-state index contributed by atoms with van der Waals surface area (Å²) in [6.45, 7) is 1.03. The molecule has 3 fully saturated rings. The van der Waals surface area contributed by atoms with Gasteiger partial charge in [-0.25, -0.2) is 4.98 Å². The average molecular weight is 348 g/mol. The third-order valence-corrected chi connectivity index (χ3v) is 6.29. The van der Waals surface area contributed by atoms with E-state index in [0.29, 0.717) is 23.4 Å². The number of amides is 1. The Morgan fingerprint density at radius 1 is 1.38 bits per heavy atom. The monoisotopic (exact) mass is 348 g/mol. The minimum absolute atomic E-state index is 0.0712. The number of carbonyl (C=O) groups excluding carboxylic acids is 1. The van der Waals surface area contributed by atoms with Crippen LogP contribution < -0.4 is 20.9 Å². The Morgan fingerprint density at radius 3 is 3.21 bits per heavy atom. The van der Waals surface area contributed by atoms with E-state index in [4.69, 9.17) is 4.74 Å². The number of hydrazine groups is 1. The lowest BCUT2D eigenvalue weighted by molar-refractivity contribution is 0.0911. The van der Waals surface area contributed by atoms with Crippen LogP contribution in [-0.4, -0.2) is 47.1 Å². The van der Waals surface area contributed by atoms with E-state index >= 15 is 0 Å². The summed E-state index contributed by atoms with van der Waals surface area (Å²) in [6.07, 6.45) is 6.03. The molecule has 24 heavy (non-hydrogen) atoms. The predicted molar refractivity (Wildman–Crippen MR) is 94.1 cm³/mol. The lowest BCUT2D eigenvalue weighted by atomic mass is 9.83. The second kappa shape index (κ2) is 7.29. The van der Waals surface area contributed by atoms with Crippen LogP contribution in [0.25, 0.3) is 0 Å². The molecule has 1 aromatic rings. The maximum absolute atomic E-state index is 12.7. The SMILES string of the molecule is O=C(NC1CCC2CNNC2C1)c1cccnc1OC1CCSC1. The number of hydrogen-bond acceptors (Lipinski definition) is 6. The molecule has 1 aliphatic carbocycles. The van der Waals surface area contributed by atoms with Gasteiger partial charge in [0.1, 0.15) is 11.7 Å². The molecule has 7 heteroatoms. The smallest absolute Gasteiger partial charge is 0.256 e. The zero-order chi connectivity index (χ0) is 16.4. The lowest BCUT2D eigenvalue weighted by Gasteiger charge is -2.31. The topological polar surface area (TPSA) is 75.3 Å². The van der Waals surface area contributed by atoms with Crippen LogP contribution in [0.4, 0.5) is 0 Å². The molecule has 0 spiro atoms. The van der Waals surface area contributed by atoms with Crippen molar-refractivity contribution in [1.29, 1.82) is 0 Å². The van der Waals surface area contributed by atoms with Gasteiger partial charge >= 0.3 is 0 Å². The predicted octanol–water partition coefficient (Wildman–Crippen LogP) is 1.34. The van der Waals surface area contributed by atoms with Crippen LogP contribution in [0, 0.1) is 5.92 Å². The van der Waals surface area contributed by atoms with Crippen molar-refractivity contribution in [2.24, 2.45) is 5.92 Å². The summed E-state index contributed by atoms with van der Waals surface area (Å²) < 4.78 is 5.97. The molecule has 3 aliphatic rings. The maximum Gasteiger partial charge on any atom is 0.256 e. The molecular weight excluding hydrogens is 324 g/mol. The van der Waals surface area contributed by atoms with Gasteiger partial charge in [0.15, 0.2) is 0 Å². The first-order chi connectivity index (χ1) is 11.8. The molecule has 0 bridgehead atoms. The van der Waals surface area contributed by atoms with Gasteiger partial charge in [0.05, 0.1) is 0 Å². The first kappa shape index (κ1) is 16.2. The standard InChI is InChI=1S/C17H24N4O2S/c22-16(20-12-4-3-11-9-19-21-15(11)8-12)14-2-1-6-18-17(14)23-13-5-7-24-10-13/h1-2,6,11-13,15,19,21H,3-5,7-10H2,(H,20,22). The second-order valence-corrected chi connectivity index (χ2v) is 7.98. The molecule has 3 N–H and O–H groups in total. The molecule has 1 aromatic heterocycles. The van der Waals surface area contributed by atoms with Crippen LogP contribution in [0.5, 0.6) is 5.88 Å². The van der Waals surface area contributed by atoms with E-state index in [-0.39, 0.29) is 18.1 Å². The first-order valence-electron chi connectivity index (χ1n) is 8.78. The Hall–Kier alpha value is -1.31. The molecular formula is C17H24N4O2S. The Morgan fingerprint density at radius 2 is 2.33 bits per heavy atom. The molecule has 130 valence electrons. The van der Waals surface area contributed by atoms with Gasteiger partial charge in [-0.15, -0.1) is 0 Å². The largest absolute Gasteiger partial charge is 0.473 e. The highest BCUT2D eigenvalue weighted by Crippen LogP contribution is 2.28. The van der Waals surface area contributed by atoms with Crippen molar-refractivity contribution in [2.75, 3.05) is 18.1 Å². The number of fused-ring (bicyclic) bond motifs is 1. The molecule has 0 aromatic carbocycles. The summed E-state index contributed by atoms with van der Waals surface area (Å²) in [4.78, 5) is 17.0. The average Bonchev–Trinajstić information content (AvgIpc) is 3.26. The van der Waals surface area contributed by atoms with Crippen LogP contribution in [0.2, 0.25) is 0 Å². The maximum atomic E-state index is 12.7. The summed E-state index contributed by atoms with van der Waals surface area (Å²) in [5.74, 6) is 3.18. The first-order valence-corrected chi connectivity index (χ1v) is 9.94. The number of rotatable bonds is 4. The number of aromatic nitrogens is 1. The van der Waals surface area contributed by atoms with Gasteiger partial charge in [-0.2, -0.15) is 11.8 Å². The fourth-order valence-corrected chi connectivity index (χ4v) is 4.88. The van der Waals surface area contributed by atoms with Crippen LogP contribution in [0.1, 0.15) is 36.0 Å². The molecule has 4 atom stereocenters. The van der Waals surface area contributed by atoms with E-state index in [9.17, 15) is 4.79 Å². The van der Waals surface area contributed by atoms with E-state index < -0.39 is 0 Å². The molecule has 4 unspecified atom stereocenters. The number of hydrogen-bond donors (Lipinski definition) is 3. The number of pyridine rings is 1. The van der Waals surface area contributed by atoms with Crippen molar-refractivity contribution in [3.05, 3.63) is 23.9 Å². The normalized spacial score (nSPS) is 32.3. The van der Waals surface area contributed by atoms with E-state index in [1.165, 1.54) is 0 Å². The van der Waals surface area contributed by atoms with Gasteiger partial charge < -0.3 is 10.1 Å². The highest BCUT2D eigenvalue weighted by atomic mass is 32.2. The third kappa shape index (κ3) is 3.53. The van der Waals surface area contributed by atoms with E-state index in [1.807, 2.05) is 11.8 Å². The quantitative estimate of drug-likeness (QED) is 0.762. The summed E-state index contributed by atoms with van der Waals surface area (Å²) in [5.41, 5.74) is 7.10. The Labute approximate surface area is 146 Å². The van der Waals surface area contributed by atoms with Gasteiger partial charge in [0.25, 0.3) is 5.91 Å². The number of nitrogens with one attached hydrogen (secondary N) is 3. The Bertz CT molecular complexity index is 594. The van der Waals surface area contributed by atoms with Crippen molar-refractivity contribution in [3.63, 3.8) is 0 Å². The van der Waals surface area contributed by atoms with Gasteiger partial charge in [0, 0.05) is 30.6 Å². The highest BCUT2D eigenvalue weighted by Gasteiger charge is 2.34. The zero-order valence-corrected chi connectivity index (χ0v) is 14.5. The zero-order valence-electron chi connectivity index (χ0n) is 13.7. The highest BCUT2D eigenvalue weighted by molar-refractivity contribution is 7.99. The van der Waals surface area contributed by atoms with Crippen molar-refractivity contribution in [2.45, 2.75) is 43.9 Å². The van der Waals surface area contributed by atoms with Crippen molar-refractivity contribution in [3.8, 4) is 5.88 Å². The van der Waals surface area contributed by atoms with Crippen molar-refractivity contribution < 1.29 is 9.53 Å². The minimum atomic E-state index is -0.0712. The number of nitrogens with zero attached hydrogens (tertiary/aromatic N) is 1. The van der Waals surface area contributed by atoms with Crippen LogP contribution in [0.15, 0.2) is 18.3 Å². The Kier molecular flexibility index (Phi) is 4.91. The van der Waals surface area contributed by atoms with Gasteiger partial charge in [-0.05, 0) is 49.5 Å². The van der Waals surface area contributed by atoms with E-state index in [0.717, 1.165) is 43.7 Å². The molecule has 2 saturated heterocycles. The molecule has 6 nitrogen and oxygen atoms in total. The molecule has 4 rings (SSSR count). The molecule has 3 heterocycles. The van der Waals surface area contributed by atoms with Crippen LogP contribution in [-0.2, 0) is 0 Å². The van der Waals surface area contributed by atoms with Crippen molar-refractivity contribution >= 4 is 17.7 Å². The van der Waals surface area contributed by atoms with E-state index in [2.05, 4.69) is 21.2 Å². The van der Waals surface area contributed by atoms with Crippen LogP contribution in [0.3, 0.4) is 0 Å². The summed E-state index contributed by atoms with van der Waals surface area (Å²) in [6, 6.07) is 4.27. The fraction of sp³-hybridized carbons (Fsp3) is 0.647. The number of carbonyl (C=O) groups is 1. The fourth-order valence-electron chi connectivity index (χ4n) is 3.79. The lowest BCUT2D eigenvalue weighted by Crippen LogP contribution is -2.45. The molecule has 1 amide bonds. The van der Waals surface area contributed by atoms with Crippen LogP contribution >= 0.6 is 11.8 Å². The van der Waals surface area contributed by atoms with Gasteiger partial charge in [-0.1, -0.05) is 0 Å². The van der Waals surface area contributed by atoms with Gasteiger partial charge in [-0.3, -0.25) is 15.6 Å². The minimum Gasteiger partial charge on any atom is -0.473 e. The number of thioether (sulfide) groups is 1. The number of ether oxygens (including phenoxy) is 1. The van der Waals surface area contributed by atoms with E-state index in [1.54, 1.807) is 18.3 Å². The van der Waals surface area contributed by atoms with Crippen molar-refractivity contribution in [1.82, 2.24) is 21.2 Å². The van der Waals surface area contributed by atoms with Gasteiger partial charge in [0.2, 0.25) is 5.88 Å². The second-order valence-electron chi connectivity index (χ2n) is 6.83. The summed E-state index contributed by atoms with van der Waals surface area (Å²) in [5, 5.41) is 3.18. The Balaban J connectivity index is 1.40. The molecule has 1 saturated carbocycles. The third-order valence-electron chi connectivity index (χ3n) is 5.16. The summed E-state index contributed by atoms with van der Waals surface area (Å²) in [7, 11) is 0.